The average molecular weight is 461 g/mol. The lowest BCUT2D eigenvalue weighted by atomic mass is 10.0. The van der Waals surface area contributed by atoms with Crippen LogP contribution in [0.2, 0.25) is 0 Å². The highest BCUT2D eigenvalue weighted by Crippen LogP contribution is 2.05. The van der Waals surface area contributed by atoms with E-state index in [1.807, 2.05) is 10.6 Å². The van der Waals surface area contributed by atoms with E-state index >= 15 is 0 Å². The quantitative estimate of drug-likeness (QED) is 0.125. The Morgan fingerprint density at radius 1 is 0.719 bits per heavy atom. The van der Waals surface area contributed by atoms with Gasteiger partial charge < -0.3 is 42.7 Å². The number of amides is 4. The van der Waals surface area contributed by atoms with E-state index in [0.717, 1.165) is 0 Å². The summed E-state index contributed by atoms with van der Waals surface area (Å²) in [6, 6.07) is -6.45. The van der Waals surface area contributed by atoms with E-state index in [1.165, 1.54) is 13.8 Å². The van der Waals surface area contributed by atoms with Crippen LogP contribution >= 0.6 is 0 Å². The zero-order valence-corrected chi connectivity index (χ0v) is 17.4. The summed E-state index contributed by atoms with van der Waals surface area (Å²) in [5, 5.41) is 33.2. The molecule has 180 valence electrons. The fourth-order valence-electron chi connectivity index (χ4n) is 2.40. The molecule has 15 heteroatoms. The molecule has 0 aromatic carbocycles. The van der Waals surface area contributed by atoms with Gasteiger partial charge >= 0.3 is 17.9 Å². The predicted octanol–water partition coefficient (Wildman–Crippen LogP) is -3.67. The highest BCUT2D eigenvalue weighted by Gasteiger charge is 2.33. The van der Waals surface area contributed by atoms with Crippen LogP contribution in [0, 0.1) is 5.92 Å². The molecule has 0 bridgehead atoms. The first kappa shape index (κ1) is 28.2. The van der Waals surface area contributed by atoms with Crippen LogP contribution in [0.5, 0.6) is 0 Å². The number of nitrogens with two attached hydrogens (primary N) is 2. The van der Waals surface area contributed by atoms with Gasteiger partial charge in [0.15, 0.2) is 0 Å². The third kappa shape index (κ3) is 10.3. The van der Waals surface area contributed by atoms with Crippen molar-refractivity contribution in [3.8, 4) is 0 Å². The molecule has 4 atom stereocenters. The number of aliphatic carboxylic acids is 3. The number of carbonyl (C=O) groups is 7. The van der Waals surface area contributed by atoms with Crippen molar-refractivity contribution in [2.75, 3.05) is 0 Å². The fourth-order valence-corrected chi connectivity index (χ4v) is 2.40. The van der Waals surface area contributed by atoms with Crippen molar-refractivity contribution in [2.24, 2.45) is 17.4 Å². The molecule has 0 aliphatic heterocycles. The van der Waals surface area contributed by atoms with Gasteiger partial charge in [-0.25, -0.2) is 4.79 Å². The highest BCUT2D eigenvalue weighted by atomic mass is 16.4. The molecule has 0 aliphatic carbocycles. The predicted molar refractivity (Wildman–Crippen MR) is 105 cm³/mol. The van der Waals surface area contributed by atoms with Crippen molar-refractivity contribution in [3.05, 3.63) is 0 Å². The van der Waals surface area contributed by atoms with E-state index in [2.05, 4.69) is 5.32 Å². The molecule has 0 spiro atoms. The first-order chi connectivity index (χ1) is 14.6. The number of primary amides is 1. The van der Waals surface area contributed by atoms with Crippen LogP contribution in [0.4, 0.5) is 0 Å². The molecule has 0 aromatic heterocycles. The van der Waals surface area contributed by atoms with Crippen LogP contribution in [0.1, 0.15) is 33.1 Å². The van der Waals surface area contributed by atoms with Crippen molar-refractivity contribution in [1.29, 1.82) is 0 Å². The van der Waals surface area contributed by atoms with Crippen molar-refractivity contribution in [3.63, 3.8) is 0 Å². The monoisotopic (exact) mass is 461 g/mol. The molecule has 0 heterocycles. The molecule has 0 aliphatic rings. The Morgan fingerprint density at radius 3 is 1.47 bits per heavy atom. The van der Waals surface area contributed by atoms with Crippen LogP contribution in [-0.4, -0.2) is 81.0 Å². The van der Waals surface area contributed by atoms with Crippen molar-refractivity contribution >= 4 is 41.5 Å². The summed E-state index contributed by atoms with van der Waals surface area (Å²) < 4.78 is 0. The van der Waals surface area contributed by atoms with E-state index in [0.29, 0.717) is 0 Å². The molecule has 4 unspecified atom stereocenters. The SMILES string of the molecule is CC(C)C(NC(=O)C(CC(=O)O)NC(=O)C(CC(=O)O)NC(=O)C(N)CC(N)=O)C(=O)O. The minimum Gasteiger partial charge on any atom is -0.481 e. The Bertz CT molecular complexity index is 769. The molecule has 0 saturated heterocycles. The lowest BCUT2D eigenvalue weighted by Gasteiger charge is -2.24. The maximum Gasteiger partial charge on any atom is 0.326 e. The molecule has 15 nitrogen and oxygen atoms in total. The third-order valence-electron chi connectivity index (χ3n) is 4.01. The topological polar surface area (TPSA) is 268 Å². The second-order valence-electron chi connectivity index (χ2n) is 7.16. The van der Waals surface area contributed by atoms with Gasteiger partial charge in [-0.05, 0) is 5.92 Å². The summed E-state index contributed by atoms with van der Waals surface area (Å²) in [6.07, 6.45) is -2.52. The van der Waals surface area contributed by atoms with Gasteiger partial charge in [0.2, 0.25) is 23.6 Å². The van der Waals surface area contributed by atoms with Gasteiger partial charge in [0.25, 0.3) is 0 Å². The van der Waals surface area contributed by atoms with Gasteiger partial charge in [-0.3, -0.25) is 28.8 Å². The first-order valence-electron chi connectivity index (χ1n) is 9.27. The average Bonchev–Trinajstić information content (AvgIpc) is 2.62. The van der Waals surface area contributed by atoms with Crippen molar-refractivity contribution < 1.29 is 48.9 Å². The number of hydrogen-bond donors (Lipinski definition) is 8. The second kappa shape index (κ2) is 12.8. The van der Waals surface area contributed by atoms with Gasteiger partial charge in [-0.15, -0.1) is 0 Å². The fraction of sp³-hybridized carbons (Fsp3) is 0.588. The summed E-state index contributed by atoms with van der Waals surface area (Å²) in [6.45, 7) is 2.97. The Kier molecular flexibility index (Phi) is 11.3. The highest BCUT2D eigenvalue weighted by molar-refractivity contribution is 5.97. The van der Waals surface area contributed by atoms with E-state index in [1.54, 1.807) is 0 Å². The Hall–Kier alpha value is -3.75. The van der Waals surface area contributed by atoms with Crippen LogP contribution in [0.15, 0.2) is 0 Å². The van der Waals surface area contributed by atoms with E-state index < -0.39 is 90.9 Å². The smallest absolute Gasteiger partial charge is 0.326 e. The third-order valence-corrected chi connectivity index (χ3v) is 4.01. The van der Waals surface area contributed by atoms with Crippen LogP contribution in [0.3, 0.4) is 0 Å². The molecule has 0 fully saturated rings. The van der Waals surface area contributed by atoms with Gasteiger partial charge in [0, 0.05) is 0 Å². The lowest BCUT2D eigenvalue weighted by molar-refractivity contribution is -0.145. The van der Waals surface area contributed by atoms with E-state index in [-0.39, 0.29) is 0 Å². The summed E-state index contributed by atoms with van der Waals surface area (Å²) >= 11 is 0. The minimum atomic E-state index is -1.79. The molecule has 10 N–H and O–H groups in total. The van der Waals surface area contributed by atoms with E-state index in [9.17, 15) is 33.6 Å². The van der Waals surface area contributed by atoms with Crippen LogP contribution in [-0.2, 0) is 33.6 Å². The number of carboxylic acids is 3. The Labute approximate surface area is 181 Å². The molecule has 0 radical (unpaired) electrons. The maximum absolute atomic E-state index is 12.5. The standard InChI is InChI=1S/C17H27N5O10/c1-6(2)13(17(31)32)22-16(30)9(5-12(26)27)21-15(29)8(4-11(24)25)20-14(28)7(18)3-10(19)23/h6-9,13H,3-5,18H2,1-2H3,(H2,19,23)(H,20,28)(H,21,29)(H,22,30)(H,24,25)(H,26,27)(H,31,32). The molecule has 4 amide bonds. The number of rotatable bonds is 14. The second-order valence-corrected chi connectivity index (χ2v) is 7.16. The maximum atomic E-state index is 12.5. The number of hydrogen-bond acceptors (Lipinski definition) is 8. The molecular weight excluding hydrogens is 434 g/mol. The number of nitrogens with one attached hydrogen (secondary N) is 3. The molecule has 0 rings (SSSR count). The Morgan fingerprint density at radius 2 is 1.12 bits per heavy atom. The largest absolute Gasteiger partial charge is 0.481 e. The number of carboxylic acid groups (broad SMARTS) is 3. The summed E-state index contributed by atoms with van der Waals surface area (Å²) in [4.78, 5) is 81.2. The Balaban J connectivity index is 5.56. The first-order valence-corrected chi connectivity index (χ1v) is 9.27. The summed E-state index contributed by atoms with van der Waals surface area (Å²) in [7, 11) is 0. The van der Waals surface area contributed by atoms with Crippen LogP contribution in [0.25, 0.3) is 0 Å². The van der Waals surface area contributed by atoms with Crippen molar-refractivity contribution in [2.45, 2.75) is 57.3 Å². The van der Waals surface area contributed by atoms with Gasteiger partial charge in [-0.1, -0.05) is 13.8 Å². The molecular formula is C17H27N5O10. The normalized spacial score (nSPS) is 14.4. The number of carbonyl (C=O) groups excluding carboxylic acids is 4. The molecule has 32 heavy (non-hydrogen) atoms. The van der Waals surface area contributed by atoms with Crippen LogP contribution < -0.4 is 27.4 Å². The van der Waals surface area contributed by atoms with Gasteiger partial charge in [-0.2, -0.15) is 0 Å². The summed E-state index contributed by atoms with van der Waals surface area (Å²) in [5.41, 5.74) is 10.4. The van der Waals surface area contributed by atoms with Gasteiger partial charge in [0.1, 0.15) is 18.1 Å². The zero-order chi connectivity index (χ0) is 25.2. The molecule has 0 aromatic rings. The van der Waals surface area contributed by atoms with Crippen molar-refractivity contribution in [1.82, 2.24) is 16.0 Å². The lowest BCUT2D eigenvalue weighted by Crippen LogP contribution is -2.58. The van der Waals surface area contributed by atoms with E-state index in [4.69, 9.17) is 26.8 Å². The molecule has 0 saturated carbocycles. The minimum absolute atomic E-state index is 0.580. The van der Waals surface area contributed by atoms with Gasteiger partial charge in [0.05, 0.1) is 25.3 Å². The zero-order valence-electron chi connectivity index (χ0n) is 17.4. The summed E-state index contributed by atoms with van der Waals surface area (Å²) in [5.74, 6) is -9.43.